The molecule has 0 aromatic heterocycles. The maximum atomic E-state index is 4.93. The summed E-state index contributed by atoms with van der Waals surface area (Å²) >= 11 is -0.826. The average Bonchev–Trinajstić information content (AvgIpc) is 3.74. The van der Waals surface area contributed by atoms with Crippen molar-refractivity contribution in [2.75, 3.05) is 0 Å². The van der Waals surface area contributed by atoms with E-state index in [1.54, 1.807) is 0 Å². The minimum absolute atomic E-state index is 0.826. The van der Waals surface area contributed by atoms with Gasteiger partial charge < -0.3 is 0 Å². The second-order valence-electron chi connectivity index (χ2n) is 12.4. The number of unbranched alkanes of at least 4 members (excludes halogenated alkanes) is 4. The van der Waals surface area contributed by atoms with Crippen LogP contribution < -0.4 is 0 Å². The van der Waals surface area contributed by atoms with E-state index in [1.807, 2.05) is 0 Å². The van der Waals surface area contributed by atoms with E-state index in [4.69, 9.17) is 17.0 Å². The van der Waals surface area contributed by atoms with Crippen molar-refractivity contribution >= 4 is 38.6 Å². The quantitative estimate of drug-likeness (QED) is 0.0866. The normalized spacial score (nSPS) is 10.7. The van der Waals surface area contributed by atoms with Crippen molar-refractivity contribution in [2.24, 2.45) is 0 Å². The van der Waals surface area contributed by atoms with Crippen molar-refractivity contribution in [2.45, 2.75) is 91.9 Å². The molecule has 0 saturated heterocycles. The number of hydrogen-bond donors (Lipinski definition) is 0. The van der Waals surface area contributed by atoms with Crippen LogP contribution in [0.5, 0.6) is 0 Å². The molecule has 244 valence electrons. The van der Waals surface area contributed by atoms with Crippen LogP contribution in [0.1, 0.15) is 88.5 Å². The van der Waals surface area contributed by atoms with Crippen LogP contribution in [0.3, 0.4) is 0 Å². The van der Waals surface area contributed by atoms with E-state index in [0.717, 1.165) is 12.8 Å². The molecule has 0 N–H and O–H groups in total. The third kappa shape index (κ3) is 10.8. The SMILES string of the molecule is CCCCCc1ccc(-c2cccc3[cH-]c(CC)cc23)cc1.CCCCCc1ccc(-c2cccc3[cH-]c(CC)cc23)cc1.[Cl][Zr+2][Cl]. The molecule has 3 heteroatoms. The Labute approximate surface area is 302 Å². The zero-order valence-electron chi connectivity index (χ0n) is 28.7. The minimum atomic E-state index is -0.826. The summed E-state index contributed by atoms with van der Waals surface area (Å²) in [5.41, 5.74) is 11.2. The molecule has 0 aliphatic heterocycles. The fourth-order valence-electron chi connectivity index (χ4n) is 6.37. The molecule has 6 aromatic carbocycles. The van der Waals surface area contributed by atoms with Gasteiger partial charge in [0.05, 0.1) is 0 Å². The summed E-state index contributed by atoms with van der Waals surface area (Å²) in [6, 6.07) is 40.9. The Morgan fingerprint density at radius 3 is 1.23 bits per heavy atom. The van der Waals surface area contributed by atoms with Crippen LogP contribution in [0.25, 0.3) is 43.8 Å². The van der Waals surface area contributed by atoms with Crippen molar-refractivity contribution < 1.29 is 20.8 Å². The summed E-state index contributed by atoms with van der Waals surface area (Å²) in [6.07, 6.45) is 12.4. The fourth-order valence-corrected chi connectivity index (χ4v) is 6.37. The van der Waals surface area contributed by atoms with Gasteiger partial charge in [-0.1, -0.05) is 125 Å². The van der Waals surface area contributed by atoms with E-state index in [1.165, 1.54) is 117 Å². The van der Waals surface area contributed by atoms with Crippen molar-refractivity contribution in [1.82, 2.24) is 0 Å². The molecule has 0 radical (unpaired) electrons. The molecule has 0 unspecified atom stereocenters. The molecule has 0 saturated carbocycles. The Morgan fingerprint density at radius 2 is 0.894 bits per heavy atom. The van der Waals surface area contributed by atoms with Crippen molar-refractivity contribution in [3.63, 3.8) is 0 Å². The monoisotopic (exact) mass is 738 g/mol. The van der Waals surface area contributed by atoms with E-state index in [0.29, 0.717) is 0 Å². The van der Waals surface area contributed by atoms with Crippen LogP contribution in [0, 0.1) is 0 Å². The molecule has 0 heterocycles. The molecule has 0 spiro atoms. The number of hydrogen-bond acceptors (Lipinski definition) is 0. The van der Waals surface area contributed by atoms with E-state index < -0.39 is 20.8 Å². The van der Waals surface area contributed by atoms with Gasteiger partial charge in [0.25, 0.3) is 0 Å². The third-order valence-electron chi connectivity index (χ3n) is 9.11. The topological polar surface area (TPSA) is 0 Å². The molecule has 0 amide bonds. The summed E-state index contributed by atoms with van der Waals surface area (Å²) < 4.78 is 0. The van der Waals surface area contributed by atoms with E-state index in [-0.39, 0.29) is 0 Å². The van der Waals surface area contributed by atoms with Gasteiger partial charge in [-0.3, -0.25) is 0 Å². The first-order valence-corrected chi connectivity index (χ1v) is 23.9. The van der Waals surface area contributed by atoms with Crippen LogP contribution in [-0.2, 0) is 46.5 Å². The molecular weight excluding hydrogens is 691 g/mol. The number of rotatable bonds is 12. The Kier molecular flexibility index (Phi) is 16.0. The Balaban J connectivity index is 0.000000197. The Bertz CT molecular complexity index is 1620. The van der Waals surface area contributed by atoms with Crippen LogP contribution in [0.15, 0.2) is 109 Å². The summed E-state index contributed by atoms with van der Waals surface area (Å²) in [7, 11) is 9.87. The van der Waals surface area contributed by atoms with Gasteiger partial charge in [-0.25, -0.2) is 0 Å². The number of fused-ring (bicyclic) bond motifs is 2. The zero-order chi connectivity index (χ0) is 33.4. The first-order chi connectivity index (χ1) is 23.0. The van der Waals surface area contributed by atoms with Crippen LogP contribution >= 0.6 is 17.0 Å². The fraction of sp³-hybridized carbons (Fsp3) is 0.318. The van der Waals surface area contributed by atoms with Crippen LogP contribution in [-0.4, -0.2) is 0 Å². The molecular formula is C44H50Cl2Zr. The summed E-state index contributed by atoms with van der Waals surface area (Å²) in [5, 5.41) is 5.50. The Hall–Kier alpha value is -2.44. The maximum absolute atomic E-state index is 4.93. The third-order valence-corrected chi connectivity index (χ3v) is 9.11. The second kappa shape index (κ2) is 20.2. The van der Waals surface area contributed by atoms with Crippen molar-refractivity contribution in [1.29, 1.82) is 0 Å². The van der Waals surface area contributed by atoms with Gasteiger partial charge in [0.15, 0.2) is 0 Å². The van der Waals surface area contributed by atoms with Crippen LogP contribution in [0.4, 0.5) is 0 Å². The van der Waals surface area contributed by atoms with Gasteiger partial charge in [-0.2, -0.15) is 12.1 Å². The summed E-state index contributed by atoms with van der Waals surface area (Å²) in [4.78, 5) is 0. The standard InChI is InChI=1S/2C22H25.2ClH.Zr/c2*1-3-5-6-8-18-11-13-19(14-12-18)21-10-7-9-20-15-17(4-2)16-22(20)21;;;/h2*7,9-16H,3-6,8H2,1-2H3;2*1H;/q2*-1;;;+4/p-2. The number of benzene rings is 4. The molecule has 0 aliphatic carbocycles. The molecule has 47 heavy (non-hydrogen) atoms. The molecule has 0 fully saturated rings. The first-order valence-electron chi connectivity index (χ1n) is 17.6. The van der Waals surface area contributed by atoms with E-state index in [9.17, 15) is 0 Å². The molecule has 0 bridgehead atoms. The Morgan fingerprint density at radius 1 is 0.511 bits per heavy atom. The predicted molar refractivity (Wildman–Crippen MR) is 207 cm³/mol. The van der Waals surface area contributed by atoms with E-state index >= 15 is 0 Å². The second-order valence-corrected chi connectivity index (χ2v) is 16.2. The average molecular weight is 741 g/mol. The van der Waals surface area contributed by atoms with Gasteiger partial charge >= 0.3 is 37.9 Å². The predicted octanol–water partition coefficient (Wildman–Crippen LogP) is 14.4. The molecule has 0 aliphatic rings. The van der Waals surface area contributed by atoms with Gasteiger partial charge in [-0.05, 0) is 60.8 Å². The molecule has 6 aromatic rings. The van der Waals surface area contributed by atoms with Gasteiger partial charge in [-0.15, -0.1) is 69.1 Å². The molecule has 0 nitrogen and oxygen atoms in total. The van der Waals surface area contributed by atoms with Crippen molar-refractivity contribution in [3.05, 3.63) is 131 Å². The van der Waals surface area contributed by atoms with Crippen molar-refractivity contribution in [3.8, 4) is 22.3 Å². The van der Waals surface area contributed by atoms with Crippen LogP contribution in [0.2, 0.25) is 0 Å². The number of aryl methyl sites for hydroxylation is 4. The summed E-state index contributed by atoms with van der Waals surface area (Å²) in [5.74, 6) is 0. The number of halogens is 2. The van der Waals surface area contributed by atoms with Gasteiger partial charge in [0, 0.05) is 0 Å². The van der Waals surface area contributed by atoms with Gasteiger partial charge in [0.2, 0.25) is 0 Å². The molecule has 0 atom stereocenters. The van der Waals surface area contributed by atoms with E-state index in [2.05, 4.69) is 137 Å². The van der Waals surface area contributed by atoms with Gasteiger partial charge in [0.1, 0.15) is 0 Å². The molecule has 6 rings (SSSR count). The summed E-state index contributed by atoms with van der Waals surface area (Å²) in [6.45, 7) is 8.96. The zero-order valence-corrected chi connectivity index (χ0v) is 32.7. The first kappa shape index (κ1) is 37.4.